The summed E-state index contributed by atoms with van der Waals surface area (Å²) in [7, 11) is 0. The van der Waals surface area contributed by atoms with E-state index in [4.69, 9.17) is 23.8 Å². The van der Waals surface area contributed by atoms with Crippen LogP contribution in [0.4, 0.5) is 0 Å². The number of rotatable bonds is 3. The van der Waals surface area contributed by atoms with Crippen LogP contribution in [0.15, 0.2) is 18.2 Å². The zero-order valence-corrected chi connectivity index (χ0v) is 9.21. The maximum atomic E-state index is 11.7. The molecule has 1 aromatic rings. The van der Waals surface area contributed by atoms with Crippen LogP contribution in [-0.2, 0) is 0 Å². The van der Waals surface area contributed by atoms with Gasteiger partial charge in [-0.3, -0.25) is 4.79 Å². The molecule has 0 aliphatic rings. The van der Waals surface area contributed by atoms with Crippen molar-refractivity contribution in [1.82, 2.24) is 0 Å². The summed E-state index contributed by atoms with van der Waals surface area (Å²) in [5.74, 6) is 2.19. The number of Topliss-reactive ketones (excluding diaryl/α,β-unsaturated/α-hetero) is 1. The Morgan fingerprint density at radius 1 is 1.67 bits per heavy atom. The Morgan fingerprint density at radius 2 is 2.33 bits per heavy atom. The second kappa shape index (κ2) is 4.97. The van der Waals surface area contributed by atoms with Crippen molar-refractivity contribution in [3.63, 3.8) is 0 Å². The molecule has 0 saturated carbocycles. The van der Waals surface area contributed by atoms with Crippen molar-refractivity contribution in [2.45, 2.75) is 19.4 Å². The number of nitrogens with two attached hydrogens (primary N) is 1. The van der Waals surface area contributed by atoms with Crippen molar-refractivity contribution in [1.29, 1.82) is 0 Å². The fraction of sp³-hybridized carbons (Fsp3) is 0.250. The van der Waals surface area contributed by atoms with Gasteiger partial charge in [0.05, 0.1) is 6.04 Å². The van der Waals surface area contributed by atoms with Crippen molar-refractivity contribution < 1.29 is 4.79 Å². The largest absolute Gasteiger partial charge is 0.320 e. The van der Waals surface area contributed by atoms with E-state index in [0.717, 1.165) is 5.56 Å². The molecule has 78 valence electrons. The van der Waals surface area contributed by atoms with Crippen LogP contribution in [-0.4, -0.2) is 11.8 Å². The van der Waals surface area contributed by atoms with Gasteiger partial charge in [0, 0.05) is 17.0 Å². The Kier molecular flexibility index (Phi) is 3.90. The lowest BCUT2D eigenvalue weighted by molar-refractivity contribution is 0.0963. The van der Waals surface area contributed by atoms with E-state index in [2.05, 4.69) is 5.92 Å². The first-order valence-corrected chi connectivity index (χ1v) is 4.93. The Balaban J connectivity index is 2.93. The van der Waals surface area contributed by atoms with Gasteiger partial charge < -0.3 is 5.73 Å². The van der Waals surface area contributed by atoms with Gasteiger partial charge in [0.15, 0.2) is 5.78 Å². The fourth-order valence-electron chi connectivity index (χ4n) is 1.18. The molecule has 15 heavy (non-hydrogen) atoms. The summed E-state index contributed by atoms with van der Waals surface area (Å²) < 4.78 is 0. The summed E-state index contributed by atoms with van der Waals surface area (Å²) in [5.41, 5.74) is 7.05. The highest BCUT2D eigenvalue weighted by molar-refractivity contribution is 6.31. The summed E-state index contributed by atoms with van der Waals surface area (Å²) in [6.45, 7) is 1.87. The molecule has 1 rings (SSSR count). The SMILES string of the molecule is C#CCC(N)C(=O)c1ccc(C)c(Cl)c1. The Hall–Kier alpha value is -1.30. The van der Waals surface area contributed by atoms with Gasteiger partial charge >= 0.3 is 0 Å². The molecular weight excluding hydrogens is 210 g/mol. The minimum absolute atomic E-state index is 0.171. The number of carbonyl (C=O) groups is 1. The minimum atomic E-state index is -0.645. The third kappa shape index (κ3) is 2.82. The molecule has 1 aromatic carbocycles. The Labute approximate surface area is 94.4 Å². The van der Waals surface area contributed by atoms with Gasteiger partial charge in [0.1, 0.15) is 0 Å². The van der Waals surface area contributed by atoms with Crippen molar-refractivity contribution in [2.75, 3.05) is 0 Å². The molecule has 0 radical (unpaired) electrons. The first kappa shape index (κ1) is 11.8. The monoisotopic (exact) mass is 221 g/mol. The maximum Gasteiger partial charge on any atom is 0.180 e. The van der Waals surface area contributed by atoms with E-state index in [0.29, 0.717) is 10.6 Å². The molecule has 1 unspecified atom stereocenters. The average Bonchev–Trinajstić information content (AvgIpc) is 2.21. The van der Waals surface area contributed by atoms with Gasteiger partial charge in [0.25, 0.3) is 0 Å². The minimum Gasteiger partial charge on any atom is -0.320 e. The van der Waals surface area contributed by atoms with Crippen LogP contribution in [0.5, 0.6) is 0 Å². The lowest BCUT2D eigenvalue weighted by atomic mass is 10.0. The van der Waals surface area contributed by atoms with Crippen LogP contribution in [0, 0.1) is 19.3 Å². The molecule has 2 nitrogen and oxygen atoms in total. The van der Waals surface area contributed by atoms with Crippen LogP contribution in [0.3, 0.4) is 0 Å². The second-order valence-electron chi connectivity index (χ2n) is 3.34. The molecule has 0 aromatic heterocycles. The zero-order chi connectivity index (χ0) is 11.4. The quantitative estimate of drug-likeness (QED) is 0.628. The van der Waals surface area contributed by atoms with Crippen LogP contribution < -0.4 is 5.73 Å². The number of hydrogen-bond donors (Lipinski definition) is 1. The zero-order valence-electron chi connectivity index (χ0n) is 8.46. The summed E-state index contributed by atoms with van der Waals surface area (Å²) in [6.07, 6.45) is 5.33. The maximum absolute atomic E-state index is 11.7. The van der Waals surface area contributed by atoms with Crippen LogP contribution in [0.2, 0.25) is 5.02 Å². The van der Waals surface area contributed by atoms with Gasteiger partial charge in [-0.05, 0) is 18.6 Å². The molecule has 1 atom stereocenters. The first-order chi connectivity index (χ1) is 7.06. The molecule has 0 aliphatic heterocycles. The number of aryl methyl sites for hydroxylation is 1. The van der Waals surface area contributed by atoms with E-state index < -0.39 is 6.04 Å². The standard InChI is InChI=1S/C12H12ClNO/c1-3-4-11(14)12(15)9-6-5-8(2)10(13)7-9/h1,5-7,11H,4,14H2,2H3. The lowest BCUT2D eigenvalue weighted by Crippen LogP contribution is -2.29. The van der Waals surface area contributed by atoms with Crippen molar-refractivity contribution in [2.24, 2.45) is 5.73 Å². The molecule has 0 amide bonds. The summed E-state index contributed by atoms with van der Waals surface area (Å²) in [6, 6.07) is 4.47. The van der Waals surface area contributed by atoms with Gasteiger partial charge in [-0.2, -0.15) is 0 Å². The number of carbonyl (C=O) groups excluding carboxylic acids is 1. The topological polar surface area (TPSA) is 43.1 Å². The van der Waals surface area contributed by atoms with Crippen molar-refractivity contribution in [3.05, 3.63) is 34.3 Å². The molecule has 2 N–H and O–H groups in total. The molecule has 0 bridgehead atoms. The predicted octanol–water partition coefficient (Wildman–Crippen LogP) is 2.18. The van der Waals surface area contributed by atoms with Crippen molar-refractivity contribution >= 4 is 17.4 Å². The molecule has 0 fully saturated rings. The van der Waals surface area contributed by atoms with Crippen LogP contribution in [0.25, 0.3) is 0 Å². The number of halogens is 1. The van der Waals surface area contributed by atoms with Crippen LogP contribution >= 0.6 is 11.6 Å². The van der Waals surface area contributed by atoms with Crippen molar-refractivity contribution in [3.8, 4) is 12.3 Å². The van der Waals surface area contributed by atoms with E-state index in [-0.39, 0.29) is 12.2 Å². The summed E-state index contributed by atoms with van der Waals surface area (Å²) in [4.78, 5) is 11.7. The van der Waals surface area contributed by atoms with E-state index in [1.165, 1.54) is 0 Å². The van der Waals surface area contributed by atoms with E-state index >= 15 is 0 Å². The van der Waals surface area contributed by atoms with Gasteiger partial charge in [0.2, 0.25) is 0 Å². The molecular formula is C12H12ClNO. The second-order valence-corrected chi connectivity index (χ2v) is 3.75. The number of terminal acetylenes is 1. The average molecular weight is 222 g/mol. The normalized spacial score (nSPS) is 11.9. The predicted molar refractivity (Wildman–Crippen MR) is 61.9 cm³/mol. The lowest BCUT2D eigenvalue weighted by Gasteiger charge is -2.08. The molecule has 0 saturated heterocycles. The highest BCUT2D eigenvalue weighted by Crippen LogP contribution is 2.17. The fourth-order valence-corrected chi connectivity index (χ4v) is 1.36. The molecule has 0 heterocycles. The van der Waals surface area contributed by atoms with E-state index in [1.807, 2.05) is 6.92 Å². The number of benzene rings is 1. The van der Waals surface area contributed by atoms with Gasteiger partial charge in [-0.25, -0.2) is 0 Å². The highest BCUT2D eigenvalue weighted by Gasteiger charge is 2.15. The molecule has 0 spiro atoms. The number of ketones is 1. The Morgan fingerprint density at radius 3 is 2.87 bits per heavy atom. The third-order valence-corrected chi connectivity index (χ3v) is 2.54. The van der Waals surface area contributed by atoms with E-state index in [1.54, 1.807) is 18.2 Å². The molecule has 3 heteroatoms. The summed E-state index contributed by atoms with van der Waals surface area (Å²) in [5, 5.41) is 0.564. The first-order valence-electron chi connectivity index (χ1n) is 4.55. The Bertz CT molecular complexity index is 420. The highest BCUT2D eigenvalue weighted by atomic mass is 35.5. The van der Waals surface area contributed by atoms with Gasteiger partial charge in [-0.15, -0.1) is 12.3 Å². The van der Waals surface area contributed by atoms with E-state index in [9.17, 15) is 4.79 Å². The molecule has 0 aliphatic carbocycles. The van der Waals surface area contributed by atoms with Crippen LogP contribution in [0.1, 0.15) is 22.3 Å². The summed E-state index contributed by atoms with van der Waals surface area (Å²) >= 11 is 5.91. The van der Waals surface area contributed by atoms with Gasteiger partial charge in [-0.1, -0.05) is 23.7 Å². The number of hydrogen-bond acceptors (Lipinski definition) is 2. The smallest absolute Gasteiger partial charge is 0.180 e. The third-order valence-electron chi connectivity index (χ3n) is 2.13.